The monoisotopic (exact) mass is 393 g/mol. The molecule has 1 aromatic carbocycles. The summed E-state index contributed by atoms with van der Waals surface area (Å²) in [5.74, 6) is -0.800. The topological polar surface area (TPSA) is 28.0 Å². The Bertz CT molecular complexity index is 690. The van der Waals surface area contributed by atoms with Crippen molar-refractivity contribution in [3.05, 3.63) is 35.9 Å². The highest BCUT2D eigenvalue weighted by Gasteiger charge is 2.73. The lowest BCUT2D eigenvalue weighted by atomic mass is 10.0. The fourth-order valence-corrected chi connectivity index (χ4v) is 2.81. The van der Waals surface area contributed by atoms with Gasteiger partial charge in [-0.15, -0.1) is 0 Å². The maximum absolute atomic E-state index is 13.7. The van der Waals surface area contributed by atoms with E-state index in [0.29, 0.717) is 6.42 Å². The van der Waals surface area contributed by atoms with E-state index in [1.807, 2.05) is 0 Å². The van der Waals surface area contributed by atoms with Crippen LogP contribution in [0.15, 0.2) is 40.3 Å². The van der Waals surface area contributed by atoms with Gasteiger partial charge in [-0.1, -0.05) is 51.1 Å². The van der Waals surface area contributed by atoms with Crippen molar-refractivity contribution in [3.8, 4) is 0 Å². The van der Waals surface area contributed by atoms with Gasteiger partial charge in [-0.2, -0.15) is 26.3 Å². The van der Waals surface area contributed by atoms with Gasteiger partial charge in [0.2, 0.25) is 0 Å². The molecule has 0 N–H and O–H groups in total. The van der Waals surface area contributed by atoms with Gasteiger partial charge in [-0.25, -0.2) is 9.98 Å². The molecule has 9 heteroatoms. The molecule has 0 saturated heterocycles. The van der Waals surface area contributed by atoms with Crippen LogP contribution < -0.4 is 0 Å². The van der Waals surface area contributed by atoms with Gasteiger partial charge in [0.1, 0.15) is 11.7 Å². The van der Waals surface area contributed by atoms with E-state index in [2.05, 4.69) is 9.98 Å². The standard InChI is InChI=1S/C18H21F6N3/c1-4-10-27-14(11-12(2)3)25-16(17(19,20)21,18(22,23)24)26-15(27)13-8-6-5-7-9-13/h5-9,12H,4,10-11H2,1-3H3. The first-order valence-electron chi connectivity index (χ1n) is 8.58. The van der Waals surface area contributed by atoms with E-state index in [1.54, 1.807) is 39.0 Å². The zero-order valence-corrected chi connectivity index (χ0v) is 15.2. The molecule has 0 bridgehead atoms. The van der Waals surface area contributed by atoms with Crippen molar-refractivity contribution >= 4 is 11.7 Å². The Morgan fingerprint density at radius 2 is 1.52 bits per heavy atom. The highest BCUT2D eigenvalue weighted by atomic mass is 19.4. The lowest BCUT2D eigenvalue weighted by molar-refractivity contribution is -0.293. The third-order valence-corrected chi connectivity index (χ3v) is 3.99. The van der Waals surface area contributed by atoms with Gasteiger partial charge < -0.3 is 4.90 Å². The zero-order chi connectivity index (χ0) is 20.5. The molecule has 0 aromatic heterocycles. The Labute approximate surface area is 153 Å². The van der Waals surface area contributed by atoms with Gasteiger partial charge in [0, 0.05) is 18.5 Å². The quantitative estimate of drug-likeness (QED) is 0.614. The van der Waals surface area contributed by atoms with Crippen molar-refractivity contribution in [2.45, 2.75) is 51.6 Å². The van der Waals surface area contributed by atoms with E-state index in [4.69, 9.17) is 0 Å². The second-order valence-corrected chi connectivity index (χ2v) is 6.75. The van der Waals surface area contributed by atoms with Crippen LogP contribution in [0.3, 0.4) is 0 Å². The Balaban J connectivity index is 2.79. The summed E-state index contributed by atoms with van der Waals surface area (Å²) in [7, 11) is 0. The lowest BCUT2D eigenvalue weighted by Crippen LogP contribution is -2.59. The van der Waals surface area contributed by atoms with Gasteiger partial charge in [0.05, 0.1) is 0 Å². The number of nitrogens with zero attached hydrogens (tertiary/aromatic N) is 3. The summed E-state index contributed by atoms with van der Waals surface area (Å²) in [6.45, 7) is 5.42. The van der Waals surface area contributed by atoms with E-state index in [-0.39, 0.29) is 36.1 Å². The maximum Gasteiger partial charge on any atom is 0.443 e. The summed E-state index contributed by atoms with van der Waals surface area (Å²) < 4.78 is 81.9. The number of aliphatic imine (C=N–C) groups is 2. The maximum atomic E-state index is 13.7. The Morgan fingerprint density at radius 3 is 1.96 bits per heavy atom. The smallest absolute Gasteiger partial charge is 0.314 e. The van der Waals surface area contributed by atoms with Gasteiger partial charge in [0.25, 0.3) is 0 Å². The van der Waals surface area contributed by atoms with E-state index in [1.165, 1.54) is 17.0 Å². The Kier molecular flexibility index (Phi) is 5.91. The van der Waals surface area contributed by atoms with Crippen molar-refractivity contribution in [2.24, 2.45) is 15.9 Å². The van der Waals surface area contributed by atoms with Gasteiger partial charge in [-0.3, -0.25) is 0 Å². The molecule has 27 heavy (non-hydrogen) atoms. The Hall–Kier alpha value is -2.06. The normalized spacial score (nSPS) is 17.8. The minimum absolute atomic E-state index is 0.0280. The second kappa shape index (κ2) is 7.52. The Morgan fingerprint density at radius 1 is 0.963 bits per heavy atom. The summed E-state index contributed by atoms with van der Waals surface area (Å²) in [6, 6.07) is 7.59. The van der Waals surface area contributed by atoms with Crippen LogP contribution in [-0.4, -0.2) is 41.1 Å². The fourth-order valence-electron chi connectivity index (χ4n) is 2.81. The second-order valence-electron chi connectivity index (χ2n) is 6.75. The molecule has 3 nitrogen and oxygen atoms in total. The molecule has 1 heterocycles. The molecule has 0 fully saturated rings. The van der Waals surface area contributed by atoms with Crippen LogP contribution >= 0.6 is 0 Å². The predicted molar refractivity (Wildman–Crippen MR) is 91.7 cm³/mol. The number of amidine groups is 2. The van der Waals surface area contributed by atoms with E-state index in [9.17, 15) is 26.3 Å². The number of benzene rings is 1. The highest BCUT2D eigenvalue weighted by molar-refractivity contribution is 6.11. The third-order valence-electron chi connectivity index (χ3n) is 3.99. The molecular weight excluding hydrogens is 372 g/mol. The van der Waals surface area contributed by atoms with Gasteiger partial charge in [-0.05, 0) is 12.3 Å². The number of hydrogen-bond donors (Lipinski definition) is 0. The van der Waals surface area contributed by atoms with Crippen molar-refractivity contribution in [1.82, 2.24) is 4.90 Å². The van der Waals surface area contributed by atoms with Crippen LogP contribution in [0.2, 0.25) is 0 Å². The minimum Gasteiger partial charge on any atom is -0.314 e. The molecule has 0 atom stereocenters. The first kappa shape index (κ1) is 21.2. The molecule has 1 aliphatic heterocycles. The van der Waals surface area contributed by atoms with Crippen LogP contribution in [0.5, 0.6) is 0 Å². The van der Waals surface area contributed by atoms with Crippen LogP contribution in [0.25, 0.3) is 0 Å². The van der Waals surface area contributed by atoms with Crippen molar-refractivity contribution < 1.29 is 26.3 Å². The summed E-state index contributed by atoms with van der Waals surface area (Å²) in [5, 5.41) is 0. The fraction of sp³-hybridized carbons (Fsp3) is 0.556. The molecule has 0 aliphatic carbocycles. The molecule has 0 radical (unpaired) electrons. The van der Waals surface area contributed by atoms with E-state index >= 15 is 0 Å². The first-order valence-corrected chi connectivity index (χ1v) is 8.58. The van der Waals surface area contributed by atoms with Gasteiger partial charge >= 0.3 is 18.0 Å². The summed E-state index contributed by atoms with van der Waals surface area (Å²) in [5.41, 5.74) is -4.32. The van der Waals surface area contributed by atoms with Crippen molar-refractivity contribution in [3.63, 3.8) is 0 Å². The number of alkyl halides is 6. The number of rotatable bonds is 5. The van der Waals surface area contributed by atoms with Crippen LogP contribution in [0.4, 0.5) is 26.3 Å². The molecule has 150 valence electrons. The van der Waals surface area contributed by atoms with Crippen molar-refractivity contribution in [1.29, 1.82) is 0 Å². The lowest BCUT2D eigenvalue weighted by Gasteiger charge is -2.40. The molecule has 1 aromatic rings. The molecular formula is C18H21F6N3. The van der Waals surface area contributed by atoms with Crippen molar-refractivity contribution in [2.75, 3.05) is 6.54 Å². The average Bonchev–Trinajstić information content (AvgIpc) is 2.54. The minimum atomic E-state index is -5.72. The molecule has 1 aliphatic rings. The molecule has 2 rings (SSSR count). The molecule has 0 spiro atoms. The summed E-state index contributed by atoms with van der Waals surface area (Å²) in [6.07, 6.45) is -11.0. The molecule has 0 saturated carbocycles. The molecule has 0 amide bonds. The van der Waals surface area contributed by atoms with Crippen LogP contribution in [-0.2, 0) is 0 Å². The summed E-state index contributed by atoms with van der Waals surface area (Å²) in [4.78, 5) is 7.73. The third kappa shape index (κ3) is 4.11. The highest BCUT2D eigenvalue weighted by Crippen LogP contribution is 2.49. The average molecular weight is 393 g/mol. The predicted octanol–water partition coefficient (Wildman–Crippen LogP) is 5.42. The summed E-state index contributed by atoms with van der Waals surface area (Å²) >= 11 is 0. The number of halogens is 6. The van der Waals surface area contributed by atoms with E-state index < -0.39 is 18.0 Å². The van der Waals surface area contributed by atoms with Crippen LogP contribution in [0.1, 0.15) is 39.2 Å². The van der Waals surface area contributed by atoms with Gasteiger partial charge in [0.15, 0.2) is 0 Å². The SMILES string of the molecule is CCCN1C(CC(C)C)=NC(C(F)(F)F)(C(F)(F)F)N=C1c1ccccc1. The number of hydrogen-bond acceptors (Lipinski definition) is 3. The first-order chi connectivity index (χ1) is 12.4. The largest absolute Gasteiger partial charge is 0.443 e. The van der Waals surface area contributed by atoms with Crippen LogP contribution in [0, 0.1) is 5.92 Å². The molecule has 0 unspecified atom stereocenters. The van der Waals surface area contributed by atoms with E-state index in [0.717, 1.165) is 0 Å². The zero-order valence-electron chi connectivity index (χ0n) is 15.2.